The van der Waals surface area contributed by atoms with Crippen molar-refractivity contribution in [1.29, 1.82) is 0 Å². The molecule has 0 bridgehead atoms. The number of carbonyl (C=O) groups is 3. The van der Waals surface area contributed by atoms with E-state index in [1.807, 2.05) is 13.8 Å². The zero-order valence-electron chi connectivity index (χ0n) is 47.4. The molecule has 0 fully saturated rings. The predicted molar refractivity (Wildman–Crippen MR) is 301 cm³/mol. The van der Waals surface area contributed by atoms with Crippen molar-refractivity contribution < 1.29 is 109 Å². The van der Waals surface area contributed by atoms with Crippen LogP contribution in [0.3, 0.4) is 0 Å². The molecule has 441 valence electrons. The molecule has 1 unspecified atom stereocenters. The van der Waals surface area contributed by atoms with E-state index in [-0.39, 0.29) is 88.8 Å². The first-order valence-corrected chi connectivity index (χ1v) is 28.7. The van der Waals surface area contributed by atoms with Crippen LogP contribution in [0.2, 0.25) is 0 Å². The number of halogens is 6. The number of ketones is 1. The molecule has 0 aliphatic heterocycles. The number of sulfone groups is 2. The number of nitrogens with one attached hydrogen (secondary N) is 2. The molecule has 16 nitrogen and oxygen atoms in total. The van der Waals surface area contributed by atoms with E-state index >= 15 is 0 Å². The van der Waals surface area contributed by atoms with Crippen LogP contribution in [0.15, 0.2) is 149 Å². The maximum absolute atomic E-state index is 13.2. The minimum atomic E-state index is -4.54. The van der Waals surface area contributed by atoms with Crippen LogP contribution in [0.5, 0.6) is 0 Å². The predicted octanol–water partition coefficient (Wildman–Crippen LogP) is 5.93. The Balaban J connectivity index is 0.000000418. The molecule has 5 aromatic carbocycles. The number of fused-ring (bicyclic) bond motifs is 2. The molecule has 3 heterocycles. The zero-order chi connectivity index (χ0) is 60.5. The zero-order valence-corrected chi connectivity index (χ0v) is 50.0. The molecule has 2 amide bonds. The van der Waals surface area contributed by atoms with Crippen molar-refractivity contribution in [3.63, 3.8) is 0 Å². The fraction of sp³-hybridized carbons (Fsp3) is 0.276. The van der Waals surface area contributed by atoms with E-state index < -0.39 is 92.2 Å². The minimum Gasteiger partial charge on any atom is -1.00 e. The summed E-state index contributed by atoms with van der Waals surface area (Å²) >= 11 is 0. The standard InChI is InChI=1S/C29H27F3N2O5S.C28H28F3N3O5S.CH4O.B.Na.H/c1-3-34-25-14-9-20(28(37)33-24(17-35)18-7-12-23(13-8-18)40(38,39)4-2)15-21(25)16-26(34)27(36)19-5-10-22(11-6-19)29(30,31)32;1-3-34-24-12-7-18(27(37)33-23(16-35)17-5-9-21(10-6-17)40(38,39)4-2)13-19(24)14-25(34)26(36)22-11-8-20(15-32-22)28(29,30)31;1-2;;;/h5-16,24,35H,3-4,17H2,1-2H3,(H,33,37);5-15,23,26,35-36H,3-4,16H2,1-2H3,(H,33,37);2H,1H3;;;/q;;;;+1;-1/t24-;23-,26?;;;;/m00..../s1. The van der Waals surface area contributed by atoms with Crippen molar-refractivity contribution in [2.75, 3.05) is 31.8 Å². The molecule has 0 saturated heterocycles. The van der Waals surface area contributed by atoms with Crippen LogP contribution in [-0.4, -0.2) is 109 Å². The van der Waals surface area contributed by atoms with E-state index in [1.165, 1.54) is 48.5 Å². The van der Waals surface area contributed by atoms with Gasteiger partial charge in [0.1, 0.15) is 6.10 Å². The van der Waals surface area contributed by atoms with Crippen molar-refractivity contribution in [2.24, 2.45) is 0 Å². The van der Waals surface area contributed by atoms with Crippen LogP contribution in [0.1, 0.15) is 118 Å². The molecule has 26 heteroatoms. The van der Waals surface area contributed by atoms with Crippen LogP contribution >= 0.6 is 0 Å². The maximum Gasteiger partial charge on any atom is 1.00 e. The van der Waals surface area contributed by atoms with Gasteiger partial charge < -0.3 is 41.6 Å². The maximum atomic E-state index is 13.2. The first-order chi connectivity index (χ1) is 38.8. The van der Waals surface area contributed by atoms with Gasteiger partial charge in [0.15, 0.2) is 19.7 Å². The third kappa shape index (κ3) is 16.0. The quantitative estimate of drug-likeness (QED) is 0.0333. The largest absolute Gasteiger partial charge is 1.00 e. The summed E-state index contributed by atoms with van der Waals surface area (Å²) in [5.74, 6) is -1.53. The van der Waals surface area contributed by atoms with Gasteiger partial charge in [-0.05, 0) is 122 Å². The average molecular weight is 1220 g/mol. The van der Waals surface area contributed by atoms with Crippen LogP contribution in [0.25, 0.3) is 21.8 Å². The fourth-order valence-corrected chi connectivity index (χ4v) is 10.7. The minimum absolute atomic E-state index is 0. The van der Waals surface area contributed by atoms with Gasteiger partial charge in [0, 0.05) is 73.3 Å². The Morgan fingerprint density at radius 1 is 0.571 bits per heavy atom. The summed E-state index contributed by atoms with van der Waals surface area (Å²) in [7, 11) is -5.78. The Bertz CT molecular complexity index is 3800. The third-order valence-electron chi connectivity index (χ3n) is 13.4. The number of hydrogen-bond acceptors (Lipinski definition) is 12. The van der Waals surface area contributed by atoms with Crippen LogP contribution < -0.4 is 40.2 Å². The monoisotopic (exact) mass is 1210 g/mol. The van der Waals surface area contributed by atoms with Crippen molar-refractivity contribution in [3.8, 4) is 0 Å². The third-order valence-corrected chi connectivity index (χ3v) is 16.9. The molecule has 84 heavy (non-hydrogen) atoms. The van der Waals surface area contributed by atoms with Crippen molar-refractivity contribution in [3.05, 3.63) is 196 Å². The van der Waals surface area contributed by atoms with Gasteiger partial charge in [0.05, 0.1) is 74.8 Å². The number of benzene rings is 5. The van der Waals surface area contributed by atoms with Gasteiger partial charge in [-0.15, -0.1) is 0 Å². The summed E-state index contributed by atoms with van der Waals surface area (Å²) in [4.78, 5) is 43.4. The summed E-state index contributed by atoms with van der Waals surface area (Å²) in [5.41, 5.74) is 2.01. The molecule has 8 rings (SSSR count). The molecule has 0 aliphatic carbocycles. The van der Waals surface area contributed by atoms with E-state index in [9.17, 15) is 72.9 Å². The first-order valence-electron chi connectivity index (χ1n) is 25.4. The van der Waals surface area contributed by atoms with Crippen LogP contribution in [-0.2, 0) is 45.1 Å². The number of aryl methyl sites for hydroxylation is 2. The number of aliphatic hydroxyl groups excluding tert-OH is 4. The van der Waals surface area contributed by atoms with Crippen molar-refractivity contribution >= 4 is 67.5 Å². The van der Waals surface area contributed by atoms with Gasteiger partial charge in [-0.25, -0.2) is 16.8 Å². The summed E-state index contributed by atoms with van der Waals surface area (Å²) in [6.07, 6.45) is -9.68. The number of aliphatic hydroxyl groups is 4. The summed E-state index contributed by atoms with van der Waals surface area (Å²) in [6.45, 7) is 6.76. The Morgan fingerprint density at radius 2 is 0.976 bits per heavy atom. The second-order valence-electron chi connectivity index (χ2n) is 18.3. The van der Waals surface area contributed by atoms with Gasteiger partial charge in [0.25, 0.3) is 11.8 Å². The molecular weight excluding hydrogens is 1150 g/mol. The molecule has 3 aromatic heterocycles. The molecule has 0 saturated carbocycles. The molecule has 8 aromatic rings. The normalized spacial score (nSPS) is 12.8. The number of alkyl halides is 6. The van der Waals surface area contributed by atoms with Crippen LogP contribution in [0.4, 0.5) is 26.3 Å². The number of hydrogen-bond donors (Lipinski definition) is 6. The molecular formula is C58H60BF6N5NaO11S2. The van der Waals surface area contributed by atoms with E-state index in [1.54, 1.807) is 71.5 Å². The summed E-state index contributed by atoms with van der Waals surface area (Å²) in [5, 5.41) is 44.4. The van der Waals surface area contributed by atoms with Gasteiger partial charge in [0.2, 0.25) is 5.78 Å². The topological polar surface area (TPSA) is 247 Å². The molecule has 0 aliphatic rings. The van der Waals surface area contributed by atoms with Gasteiger partial charge in [-0.3, -0.25) is 19.4 Å². The Morgan fingerprint density at radius 3 is 1.36 bits per heavy atom. The fourth-order valence-electron chi connectivity index (χ4n) is 8.90. The van der Waals surface area contributed by atoms with E-state index in [0.717, 1.165) is 43.5 Å². The number of aromatic nitrogens is 3. The van der Waals surface area contributed by atoms with Crippen molar-refractivity contribution in [2.45, 2.75) is 81.1 Å². The number of rotatable bonds is 18. The molecule has 0 spiro atoms. The van der Waals surface area contributed by atoms with E-state index in [2.05, 4.69) is 15.6 Å². The molecule has 3 radical (unpaired) electrons. The average Bonchev–Trinajstić information content (AvgIpc) is 4.30. The van der Waals surface area contributed by atoms with Gasteiger partial charge in [-0.2, -0.15) is 26.3 Å². The Kier molecular flexibility index (Phi) is 24.5. The van der Waals surface area contributed by atoms with E-state index in [0.29, 0.717) is 57.9 Å². The number of amides is 2. The van der Waals surface area contributed by atoms with Gasteiger partial charge >= 0.3 is 41.9 Å². The number of nitrogens with zero attached hydrogens (tertiary/aromatic N) is 3. The molecule has 3 atom stereocenters. The van der Waals surface area contributed by atoms with E-state index in [4.69, 9.17) is 5.11 Å². The first kappa shape index (κ1) is 69.8. The van der Waals surface area contributed by atoms with Gasteiger partial charge in [-0.1, -0.05) is 50.2 Å². The number of carbonyl (C=O) groups excluding carboxylic acids is 3. The Labute approximate surface area is 506 Å². The Hall–Kier alpha value is -6.68. The van der Waals surface area contributed by atoms with Crippen molar-refractivity contribution in [1.82, 2.24) is 24.8 Å². The number of pyridine rings is 1. The SMILES string of the molecule is CCn1c(C(=O)c2ccc(C(F)(F)F)cc2)cc2cc(C(=O)N[C@@H](CO)c3ccc(S(=O)(=O)CC)cc3)ccc21.CCn1c(C(O)c2ccc(C(F)(F)F)cn2)cc2cc(C(=O)N[C@@H](CO)c3ccc(S(=O)(=O)CC)cc3)ccc21.CO.[B].[H-].[Na+]. The smallest absolute Gasteiger partial charge is 1.00 e. The second kappa shape index (κ2) is 29.4. The summed E-state index contributed by atoms with van der Waals surface area (Å²) in [6, 6.07) is 29.3. The molecule has 6 N–H and O–H groups in total. The second-order valence-corrected chi connectivity index (χ2v) is 22.8. The van der Waals surface area contributed by atoms with Crippen LogP contribution in [0, 0.1) is 0 Å². The summed E-state index contributed by atoms with van der Waals surface area (Å²) < 4.78 is 129.